The van der Waals surface area contributed by atoms with Crippen molar-refractivity contribution in [2.45, 2.75) is 50.9 Å². The van der Waals surface area contributed by atoms with Gasteiger partial charge in [0.2, 0.25) is 6.10 Å². The molecule has 0 fully saturated rings. The van der Waals surface area contributed by atoms with Gasteiger partial charge in [-0.1, -0.05) is 6.07 Å². The predicted molar refractivity (Wildman–Crippen MR) is 111 cm³/mol. The van der Waals surface area contributed by atoms with Crippen molar-refractivity contribution in [1.82, 2.24) is 15.0 Å². The molecule has 14 heteroatoms. The highest BCUT2D eigenvalue weighted by atomic mass is 32.1. The molecule has 0 aliphatic heterocycles. The standard InChI is InChI=1S/C20H16F6N4O2S2/c1-10(31)17-30-13(4-5-27)16(34-17)14-9-33-15(29-14)6-12-3-2-11(7-28-12)8-32-18(19(21,22)23)20(24,25)26/h2-3,7,9-10,18,31H,4,6,8H2,1H3. The Morgan fingerprint density at radius 1 is 1.15 bits per heavy atom. The fourth-order valence-electron chi connectivity index (χ4n) is 2.79. The topological polar surface area (TPSA) is 91.9 Å². The van der Waals surface area contributed by atoms with Crippen LogP contribution in [-0.4, -0.2) is 38.5 Å². The molecule has 3 heterocycles. The lowest BCUT2D eigenvalue weighted by molar-refractivity contribution is -0.324. The summed E-state index contributed by atoms with van der Waals surface area (Å²) in [5.74, 6) is 0. The maximum Gasteiger partial charge on any atom is 0.423 e. The SMILES string of the molecule is CC(O)c1nc(CC#N)c(-c2csc(Cc3ccc(COC(C(F)(F)F)C(F)(F)F)cn3)n2)s1. The van der Waals surface area contributed by atoms with Gasteiger partial charge in [-0.2, -0.15) is 31.6 Å². The van der Waals surface area contributed by atoms with Gasteiger partial charge in [-0.05, 0) is 18.6 Å². The van der Waals surface area contributed by atoms with Crippen molar-refractivity contribution >= 4 is 22.7 Å². The second-order valence-corrected chi connectivity index (χ2v) is 9.05. The molecule has 0 aliphatic carbocycles. The average Bonchev–Trinajstić information content (AvgIpc) is 3.35. The molecule has 1 N–H and O–H groups in total. The van der Waals surface area contributed by atoms with E-state index in [1.54, 1.807) is 12.3 Å². The molecule has 0 saturated heterocycles. The van der Waals surface area contributed by atoms with Crippen LogP contribution in [0.3, 0.4) is 0 Å². The Kier molecular flexibility index (Phi) is 7.91. The van der Waals surface area contributed by atoms with Gasteiger partial charge in [-0.25, -0.2) is 9.97 Å². The number of halogens is 6. The third kappa shape index (κ3) is 6.50. The Morgan fingerprint density at radius 3 is 2.41 bits per heavy atom. The Bertz CT molecular complexity index is 1140. The second kappa shape index (κ2) is 10.3. The monoisotopic (exact) mass is 522 g/mol. The van der Waals surface area contributed by atoms with Crippen molar-refractivity contribution in [2.24, 2.45) is 0 Å². The third-order valence-electron chi connectivity index (χ3n) is 4.33. The molecule has 0 bridgehead atoms. The van der Waals surface area contributed by atoms with Crippen molar-refractivity contribution in [2.75, 3.05) is 0 Å². The number of aromatic nitrogens is 3. The minimum atomic E-state index is -5.57. The number of hydrogen-bond donors (Lipinski definition) is 1. The van der Waals surface area contributed by atoms with E-state index in [1.165, 1.54) is 34.8 Å². The van der Waals surface area contributed by atoms with Crippen LogP contribution in [0.25, 0.3) is 10.6 Å². The number of nitrogens with zero attached hydrogens (tertiary/aromatic N) is 4. The smallest absolute Gasteiger partial charge is 0.386 e. The van der Waals surface area contributed by atoms with E-state index in [2.05, 4.69) is 19.7 Å². The van der Waals surface area contributed by atoms with Crippen LogP contribution >= 0.6 is 22.7 Å². The van der Waals surface area contributed by atoms with Crippen LogP contribution < -0.4 is 0 Å². The predicted octanol–water partition coefficient (Wildman–Crippen LogP) is 5.38. The molecular weight excluding hydrogens is 506 g/mol. The highest BCUT2D eigenvalue weighted by Crippen LogP contribution is 2.36. The van der Waals surface area contributed by atoms with E-state index in [1.807, 2.05) is 6.07 Å². The molecule has 182 valence electrons. The summed E-state index contributed by atoms with van der Waals surface area (Å²) in [6, 6.07) is 4.83. The maximum absolute atomic E-state index is 12.6. The van der Waals surface area contributed by atoms with Crippen molar-refractivity contribution in [1.29, 1.82) is 5.26 Å². The number of thiazole rings is 2. The molecule has 0 aliphatic rings. The van der Waals surface area contributed by atoms with Gasteiger partial charge in [0.25, 0.3) is 0 Å². The normalized spacial score (nSPS) is 13.3. The van der Waals surface area contributed by atoms with Crippen LogP contribution in [-0.2, 0) is 24.2 Å². The third-order valence-corrected chi connectivity index (χ3v) is 6.47. The Labute approximate surface area is 197 Å². The van der Waals surface area contributed by atoms with Gasteiger partial charge in [0.15, 0.2) is 0 Å². The van der Waals surface area contributed by atoms with Gasteiger partial charge in [0.1, 0.15) is 11.1 Å². The zero-order chi connectivity index (χ0) is 25.1. The fraction of sp³-hybridized carbons (Fsp3) is 0.400. The van der Waals surface area contributed by atoms with Gasteiger partial charge in [-0.3, -0.25) is 4.98 Å². The molecule has 0 spiro atoms. The first-order valence-corrected chi connectivity index (χ1v) is 11.3. The molecule has 0 saturated carbocycles. The molecule has 3 aromatic rings. The number of hydrogen-bond acceptors (Lipinski definition) is 8. The van der Waals surface area contributed by atoms with Gasteiger partial charge in [0, 0.05) is 23.7 Å². The van der Waals surface area contributed by atoms with Crippen LogP contribution in [0.4, 0.5) is 26.3 Å². The Morgan fingerprint density at radius 2 is 1.85 bits per heavy atom. The average molecular weight is 522 g/mol. The lowest BCUT2D eigenvalue weighted by Gasteiger charge is -2.23. The molecule has 1 unspecified atom stereocenters. The van der Waals surface area contributed by atoms with Gasteiger partial charge in [0.05, 0.1) is 40.4 Å². The van der Waals surface area contributed by atoms with E-state index in [4.69, 9.17) is 5.26 Å². The van der Waals surface area contributed by atoms with E-state index < -0.39 is 31.2 Å². The summed E-state index contributed by atoms with van der Waals surface area (Å²) in [6.45, 7) is 0.662. The number of rotatable bonds is 8. The molecule has 3 rings (SSSR count). The van der Waals surface area contributed by atoms with Crippen LogP contribution in [0.2, 0.25) is 0 Å². The van der Waals surface area contributed by atoms with Crippen LogP contribution in [0.15, 0.2) is 23.7 Å². The molecule has 0 aromatic carbocycles. The summed E-state index contributed by atoms with van der Waals surface area (Å²) >= 11 is 2.55. The van der Waals surface area contributed by atoms with E-state index in [0.29, 0.717) is 32.0 Å². The fourth-order valence-corrected chi connectivity index (χ4v) is 4.65. The minimum absolute atomic E-state index is 0.0542. The molecule has 1 atom stereocenters. The number of aliphatic hydroxyl groups is 1. The van der Waals surface area contributed by atoms with Crippen LogP contribution in [0.1, 0.15) is 40.0 Å². The molecule has 6 nitrogen and oxygen atoms in total. The highest BCUT2D eigenvalue weighted by Gasteiger charge is 2.57. The molecule has 0 radical (unpaired) electrons. The van der Waals surface area contributed by atoms with Crippen molar-refractivity contribution in [3.63, 3.8) is 0 Å². The van der Waals surface area contributed by atoms with Crippen molar-refractivity contribution in [3.8, 4) is 16.6 Å². The zero-order valence-electron chi connectivity index (χ0n) is 17.3. The van der Waals surface area contributed by atoms with E-state index in [0.717, 1.165) is 6.20 Å². The molecule has 3 aromatic heterocycles. The largest absolute Gasteiger partial charge is 0.423 e. The Hall–Kier alpha value is -2.60. The summed E-state index contributed by atoms with van der Waals surface area (Å²) in [5.41, 5.74) is 1.65. The number of pyridine rings is 1. The van der Waals surface area contributed by atoms with Crippen molar-refractivity contribution < 1.29 is 36.2 Å². The molecule has 0 amide bonds. The zero-order valence-corrected chi connectivity index (χ0v) is 18.9. The van der Waals surface area contributed by atoms with E-state index in [-0.39, 0.29) is 18.4 Å². The maximum atomic E-state index is 12.6. The summed E-state index contributed by atoms with van der Waals surface area (Å²) in [4.78, 5) is 13.5. The van der Waals surface area contributed by atoms with Gasteiger partial charge < -0.3 is 9.84 Å². The second-order valence-electron chi connectivity index (χ2n) is 7.07. The molecule has 34 heavy (non-hydrogen) atoms. The van der Waals surface area contributed by atoms with E-state index >= 15 is 0 Å². The van der Waals surface area contributed by atoms with Gasteiger partial charge >= 0.3 is 12.4 Å². The first kappa shape index (κ1) is 26.0. The number of aliphatic hydroxyl groups excluding tert-OH is 1. The number of nitriles is 1. The molecular formula is C20H16F6N4O2S2. The number of alkyl halides is 6. The lowest BCUT2D eigenvalue weighted by atomic mass is 10.2. The van der Waals surface area contributed by atoms with E-state index in [9.17, 15) is 31.4 Å². The van der Waals surface area contributed by atoms with Gasteiger partial charge in [-0.15, -0.1) is 22.7 Å². The van der Waals surface area contributed by atoms with Crippen molar-refractivity contribution in [3.05, 3.63) is 50.7 Å². The summed E-state index contributed by atoms with van der Waals surface area (Å²) in [6.07, 6.45) is -14.3. The highest BCUT2D eigenvalue weighted by molar-refractivity contribution is 7.16. The summed E-state index contributed by atoms with van der Waals surface area (Å²) < 4.78 is 79.4. The first-order valence-electron chi connectivity index (χ1n) is 9.56. The summed E-state index contributed by atoms with van der Waals surface area (Å²) in [7, 11) is 0. The Balaban J connectivity index is 1.68. The first-order chi connectivity index (χ1) is 15.9. The van der Waals surface area contributed by atoms with Crippen LogP contribution in [0.5, 0.6) is 0 Å². The lowest BCUT2D eigenvalue weighted by Crippen LogP contribution is -2.44. The number of ether oxygens (including phenoxy) is 1. The minimum Gasteiger partial charge on any atom is -0.386 e. The quantitative estimate of drug-likeness (QED) is 0.400. The summed E-state index contributed by atoms with van der Waals surface area (Å²) in [5, 5.41) is 21.7. The van der Waals surface area contributed by atoms with Crippen LogP contribution in [0, 0.1) is 11.3 Å².